The minimum atomic E-state index is -4.40. The fourth-order valence-electron chi connectivity index (χ4n) is 1.74. The van der Waals surface area contributed by atoms with E-state index in [9.17, 15) is 13.2 Å². The maximum absolute atomic E-state index is 12.5. The van der Waals surface area contributed by atoms with E-state index in [1.165, 1.54) is 5.56 Å². The second kappa shape index (κ2) is 9.56. The van der Waals surface area contributed by atoms with Crippen molar-refractivity contribution in [1.29, 1.82) is 0 Å². The van der Waals surface area contributed by atoms with Crippen LogP contribution in [0.2, 0.25) is 0 Å². The molecule has 0 aromatic carbocycles. The van der Waals surface area contributed by atoms with Gasteiger partial charge in [0, 0.05) is 16.8 Å². The van der Waals surface area contributed by atoms with Gasteiger partial charge in [0.1, 0.15) is 5.01 Å². The number of rotatable bonds is 5. The van der Waals surface area contributed by atoms with Crippen LogP contribution >= 0.6 is 46.7 Å². The number of alkyl halides is 3. The van der Waals surface area contributed by atoms with E-state index in [0.29, 0.717) is 24.1 Å². The predicted octanol–water partition coefficient (Wildman–Crippen LogP) is 4.41. The third kappa shape index (κ3) is 6.20. The molecule has 2 rings (SSSR count). The minimum absolute atomic E-state index is 0. The zero-order valence-corrected chi connectivity index (χ0v) is 17.1. The smallest absolute Gasteiger partial charge is 0.357 e. The van der Waals surface area contributed by atoms with Gasteiger partial charge in [-0.1, -0.05) is 0 Å². The molecule has 0 radical (unpaired) electrons. The number of thiazole rings is 1. The van der Waals surface area contributed by atoms with Crippen LogP contribution in [0.3, 0.4) is 0 Å². The van der Waals surface area contributed by atoms with Crippen LogP contribution in [-0.4, -0.2) is 17.5 Å². The highest BCUT2D eigenvalue weighted by Crippen LogP contribution is 2.29. The van der Waals surface area contributed by atoms with E-state index in [-0.39, 0.29) is 30.5 Å². The van der Waals surface area contributed by atoms with Crippen molar-refractivity contribution in [3.63, 3.8) is 0 Å². The number of aryl methyl sites for hydroxylation is 1. The lowest BCUT2D eigenvalue weighted by molar-refractivity contribution is -0.140. The number of hydrogen-bond acceptors (Lipinski definition) is 4. The van der Waals surface area contributed by atoms with Gasteiger partial charge in [0.05, 0.1) is 13.1 Å². The molecule has 0 aliphatic carbocycles. The molecule has 0 saturated heterocycles. The summed E-state index contributed by atoms with van der Waals surface area (Å²) in [6, 6.07) is 2.03. The molecule has 2 aromatic heterocycles. The fourth-order valence-corrected chi connectivity index (χ4v) is 3.31. The Labute approximate surface area is 163 Å². The van der Waals surface area contributed by atoms with E-state index in [4.69, 9.17) is 0 Å². The van der Waals surface area contributed by atoms with Crippen molar-refractivity contribution in [3.05, 3.63) is 38.0 Å². The number of halogens is 4. The molecule has 0 atom stereocenters. The van der Waals surface area contributed by atoms with E-state index < -0.39 is 11.9 Å². The van der Waals surface area contributed by atoms with Gasteiger partial charge in [0.25, 0.3) is 0 Å². The summed E-state index contributed by atoms with van der Waals surface area (Å²) < 4.78 is 37.6. The van der Waals surface area contributed by atoms with E-state index in [2.05, 4.69) is 20.6 Å². The normalized spacial score (nSPS) is 12.0. The Morgan fingerprint density at radius 1 is 1.29 bits per heavy atom. The number of guanidine groups is 1. The van der Waals surface area contributed by atoms with Crippen molar-refractivity contribution >= 4 is 52.6 Å². The first-order valence-electron chi connectivity index (χ1n) is 6.97. The van der Waals surface area contributed by atoms with Crippen molar-refractivity contribution in [2.24, 2.45) is 4.99 Å². The van der Waals surface area contributed by atoms with Crippen LogP contribution in [-0.2, 0) is 19.3 Å². The van der Waals surface area contributed by atoms with Gasteiger partial charge in [-0.15, -0.1) is 46.7 Å². The van der Waals surface area contributed by atoms with Gasteiger partial charge in [-0.2, -0.15) is 13.2 Å². The molecule has 0 amide bonds. The summed E-state index contributed by atoms with van der Waals surface area (Å²) in [7, 11) is 0. The molecular formula is C14H18F3IN4S2. The summed E-state index contributed by atoms with van der Waals surface area (Å²) in [4.78, 5) is 9.20. The number of aromatic nitrogens is 1. The average Bonchev–Trinajstić information content (AvgIpc) is 3.10. The van der Waals surface area contributed by atoms with Gasteiger partial charge in [0.2, 0.25) is 0 Å². The van der Waals surface area contributed by atoms with E-state index in [1.54, 1.807) is 11.3 Å². The van der Waals surface area contributed by atoms with Crippen molar-refractivity contribution in [2.45, 2.75) is 33.1 Å². The first-order valence-corrected chi connectivity index (χ1v) is 8.72. The van der Waals surface area contributed by atoms with Crippen molar-refractivity contribution in [1.82, 2.24) is 15.6 Å². The monoisotopic (exact) mass is 490 g/mol. The highest BCUT2D eigenvalue weighted by Gasteiger charge is 2.33. The zero-order valence-electron chi connectivity index (χ0n) is 13.1. The molecule has 2 heterocycles. The largest absolute Gasteiger partial charge is 0.434 e. The maximum atomic E-state index is 12.5. The summed E-state index contributed by atoms with van der Waals surface area (Å²) in [5.41, 5.74) is 0.333. The Morgan fingerprint density at radius 3 is 2.58 bits per heavy atom. The quantitative estimate of drug-likeness (QED) is 0.371. The SMILES string of the molecule is CCNC(=NCc1sccc1C)NCc1nc(C(F)(F)F)cs1.I. The fraction of sp³-hybridized carbons (Fsp3) is 0.429. The van der Waals surface area contributed by atoms with Crippen molar-refractivity contribution in [3.8, 4) is 0 Å². The lowest BCUT2D eigenvalue weighted by atomic mass is 10.3. The van der Waals surface area contributed by atoms with Crippen LogP contribution < -0.4 is 10.6 Å². The molecule has 0 bridgehead atoms. The summed E-state index contributed by atoms with van der Waals surface area (Å²) in [6.45, 7) is 5.36. The molecule has 0 saturated carbocycles. The summed E-state index contributed by atoms with van der Waals surface area (Å²) >= 11 is 2.61. The Hall–Kier alpha value is -0.880. The van der Waals surface area contributed by atoms with Crippen molar-refractivity contribution < 1.29 is 13.2 Å². The third-order valence-corrected chi connectivity index (χ3v) is 4.80. The van der Waals surface area contributed by atoms with Gasteiger partial charge in [0.15, 0.2) is 11.7 Å². The second-order valence-electron chi connectivity index (χ2n) is 4.70. The molecule has 0 spiro atoms. The molecule has 10 heteroatoms. The third-order valence-electron chi connectivity index (χ3n) is 2.94. The first-order chi connectivity index (χ1) is 10.9. The Bertz CT molecular complexity index is 667. The Kier molecular flexibility index (Phi) is 8.43. The Morgan fingerprint density at radius 2 is 2.04 bits per heavy atom. The van der Waals surface area contributed by atoms with Crippen LogP contribution in [0.1, 0.15) is 28.1 Å². The van der Waals surface area contributed by atoms with Gasteiger partial charge >= 0.3 is 6.18 Å². The summed E-state index contributed by atoms with van der Waals surface area (Å²) in [5, 5.41) is 9.48. The van der Waals surface area contributed by atoms with E-state index >= 15 is 0 Å². The molecule has 0 aliphatic heterocycles. The van der Waals surface area contributed by atoms with Gasteiger partial charge in [-0.25, -0.2) is 9.98 Å². The average molecular weight is 490 g/mol. The van der Waals surface area contributed by atoms with E-state index in [0.717, 1.165) is 21.6 Å². The summed E-state index contributed by atoms with van der Waals surface area (Å²) in [6.07, 6.45) is -4.40. The van der Waals surface area contributed by atoms with Crippen LogP contribution in [0.5, 0.6) is 0 Å². The molecule has 4 nitrogen and oxygen atoms in total. The van der Waals surface area contributed by atoms with Gasteiger partial charge < -0.3 is 10.6 Å². The lowest BCUT2D eigenvalue weighted by Gasteiger charge is -2.10. The van der Waals surface area contributed by atoms with Crippen molar-refractivity contribution in [2.75, 3.05) is 6.54 Å². The van der Waals surface area contributed by atoms with Crippen LogP contribution in [0.15, 0.2) is 21.8 Å². The molecule has 134 valence electrons. The second-order valence-corrected chi connectivity index (χ2v) is 6.64. The van der Waals surface area contributed by atoms with Crippen LogP contribution in [0.4, 0.5) is 13.2 Å². The molecule has 0 aliphatic rings. The van der Waals surface area contributed by atoms with E-state index in [1.807, 2.05) is 25.3 Å². The number of thiophene rings is 1. The Balaban J connectivity index is 0.00000288. The standard InChI is InChI=1S/C14H17F3N4S2.HI/c1-3-18-13(19-6-10-9(2)4-5-22-10)20-7-12-21-11(8-23-12)14(15,16)17;/h4-5,8H,3,6-7H2,1-2H3,(H2,18,19,20);1H. The molecule has 2 aromatic rings. The molecule has 0 unspecified atom stereocenters. The highest BCUT2D eigenvalue weighted by molar-refractivity contribution is 14.0. The highest BCUT2D eigenvalue weighted by atomic mass is 127. The first kappa shape index (κ1) is 21.2. The number of hydrogen-bond donors (Lipinski definition) is 2. The molecule has 24 heavy (non-hydrogen) atoms. The zero-order chi connectivity index (χ0) is 16.9. The number of aliphatic imine (C=N–C) groups is 1. The lowest BCUT2D eigenvalue weighted by Crippen LogP contribution is -2.36. The number of nitrogens with zero attached hydrogens (tertiary/aromatic N) is 2. The van der Waals surface area contributed by atoms with Crippen LogP contribution in [0.25, 0.3) is 0 Å². The molecule has 2 N–H and O–H groups in total. The number of nitrogens with one attached hydrogen (secondary N) is 2. The van der Waals surface area contributed by atoms with Gasteiger partial charge in [-0.05, 0) is 30.9 Å². The maximum Gasteiger partial charge on any atom is 0.434 e. The van der Waals surface area contributed by atoms with Gasteiger partial charge in [-0.3, -0.25) is 0 Å². The predicted molar refractivity (Wildman–Crippen MR) is 103 cm³/mol. The van der Waals surface area contributed by atoms with Crippen LogP contribution in [0, 0.1) is 6.92 Å². The molecular weight excluding hydrogens is 472 g/mol. The topological polar surface area (TPSA) is 49.3 Å². The minimum Gasteiger partial charge on any atom is -0.357 e. The summed E-state index contributed by atoms with van der Waals surface area (Å²) in [5.74, 6) is 0.559. The molecule has 0 fully saturated rings.